The highest BCUT2D eigenvalue weighted by atomic mass is 35.5. The summed E-state index contributed by atoms with van der Waals surface area (Å²) >= 11 is 6.07. The maximum absolute atomic E-state index is 11.3. The number of halogens is 1. The fourth-order valence-electron chi connectivity index (χ4n) is 3.22. The zero-order valence-electron chi connectivity index (χ0n) is 16.7. The lowest BCUT2D eigenvalue weighted by Gasteiger charge is -2.11. The van der Waals surface area contributed by atoms with Crippen molar-refractivity contribution in [3.63, 3.8) is 0 Å². The average Bonchev–Trinajstić information content (AvgIpc) is 3.08. The molecule has 0 saturated carbocycles. The number of imidazole rings is 1. The summed E-state index contributed by atoms with van der Waals surface area (Å²) in [7, 11) is 0. The summed E-state index contributed by atoms with van der Waals surface area (Å²) in [5.74, 6) is 1.72. The number of amides is 1. The number of fused-ring (bicyclic) bond motifs is 1. The molecule has 0 aliphatic carbocycles. The van der Waals surface area contributed by atoms with E-state index in [-0.39, 0.29) is 5.91 Å². The number of hydrogen-bond acceptors (Lipinski definition) is 3. The van der Waals surface area contributed by atoms with Gasteiger partial charge < -0.3 is 14.6 Å². The van der Waals surface area contributed by atoms with E-state index in [1.54, 1.807) is 0 Å². The van der Waals surface area contributed by atoms with E-state index in [0.29, 0.717) is 13.2 Å². The molecule has 0 atom stereocenters. The summed E-state index contributed by atoms with van der Waals surface area (Å²) in [4.78, 5) is 16.1. The van der Waals surface area contributed by atoms with Crippen LogP contribution in [-0.2, 0) is 17.8 Å². The Labute approximate surface area is 176 Å². The Morgan fingerprint density at radius 2 is 2.10 bits per heavy atom. The van der Waals surface area contributed by atoms with E-state index in [4.69, 9.17) is 21.3 Å². The molecule has 0 fully saturated rings. The SMILES string of the molecule is C=CC(=O)NCCCc1nc2ccccc2n1CCCOc1ccc(Cl)c(C)c1. The van der Waals surface area contributed by atoms with Gasteiger partial charge in [0.05, 0.1) is 17.6 Å². The standard InChI is InChI=1S/C23H26ClN3O2/c1-3-23(28)25-13-6-10-22-26-20-8-4-5-9-21(20)27(22)14-7-15-29-18-11-12-19(24)17(2)16-18/h3-5,8-9,11-12,16H,1,6-7,10,13-15H2,2H3,(H,25,28). The molecule has 2 aromatic carbocycles. The molecule has 6 heteroatoms. The van der Waals surface area contributed by atoms with Crippen LogP contribution in [0, 0.1) is 6.92 Å². The monoisotopic (exact) mass is 411 g/mol. The molecule has 1 N–H and O–H groups in total. The largest absolute Gasteiger partial charge is 0.494 e. The number of rotatable bonds is 10. The first-order valence-electron chi connectivity index (χ1n) is 9.82. The number of benzene rings is 2. The van der Waals surface area contributed by atoms with Gasteiger partial charge in [-0.2, -0.15) is 0 Å². The average molecular weight is 412 g/mol. The van der Waals surface area contributed by atoms with Crippen molar-refractivity contribution in [2.75, 3.05) is 13.2 Å². The van der Waals surface area contributed by atoms with Crippen LogP contribution >= 0.6 is 11.6 Å². The highest BCUT2D eigenvalue weighted by Gasteiger charge is 2.10. The Balaban J connectivity index is 1.60. The van der Waals surface area contributed by atoms with Gasteiger partial charge in [0.25, 0.3) is 0 Å². The quantitative estimate of drug-likeness (QED) is 0.388. The van der Waals surface area contributed by atoms with Gasteiger partial charge in [0.1, 0.15) is 11.6 Å². The van der Waals surface area contributed by atoms with Crippen molar-refractivity contribution in [1.29, 1.82) is 0 Å². The van der Waals surface area contributed by atoms with E-state index in [9.17, 15) is 4.79 Å². The van der Waals surface area contributed by atoms with Crippen molar-refractivity contribution < 1.29 is 9.53 Å². The minimum Gasteiger partial charge on any atom is -0.494 e. The van der Waals surface area contributed by atoms with Crippen LogP contribution in [0.2, 0.25) is 5.02 Å². The van der Waals surface area contributed by atoms with Crippen LogP contribution in [0.5, 0.6) is 5.75 Å². The predicted molar refractivity (Wildman–Crippen MR) is 118 cm³/mol. The van der Waals surface area contributed by atoms with Crippen LogP contribution < -0.4 is 10.1 Å². The van der Waals surface area contributed by atoms with E-state index in [1.165, 1.54) is 6.08 Å². The highest BCUT2D eigenvalue weighted by molar-refractivity contribution is 6.31. The first-order chi connectivity index (χ1) is 14.1. The van der Waals surface area contributed by atoms with Crippen molar-refractivity contribution in [1.82, 2.24) is 14.9 Å². The fourth-order valence-corrected chi connectivity index (χ4v) is 3.33. The Morgan fingerprint density at radius 1 is 1.28 bits per heavy atom. The molecule has 1 aromatic heterocycles. The van der Waals surface area contributed by atoms with Gasteiger partial charge in [-0.05, 0) is 61.7 Å². The zero-order chi connectivity index (χ0) is 20.6. The maximum atomic E-state index is 11.3. The Morgan fingerprint density at radius 3 is 2.90 bits per heavy atom. The van der Waals surface area contributed by atoms with E-state index < -0.39 is 0 Å². The Bertz CT molecular complexity index is 997. The van der Waals surface area contributed by atoms with Gasteiger partial charge in [0, 0.05) is 24.5 Å². The van der Waals surface area contributed by atoms with E-state index >= 15 is 0 Å². The maximum Gasteiger partial charge on any atom is 0.243 e. The lowest BCUT2D eigenvalue weighted by atomic mass is 10.2. The van der Waals surface area contributed by atoms with E-state index in [1.807, 2.05) is 43.3 Å². The smallest absolute Gasteiger partial charge is 0.243 e. The predicted octanol–water partition coefficient (Wildman–Crippen LogP) is 4.70. The summed E-state index contributed by atoms with van der Waals surface area (Å²) in [6, 6.07) is 13.9. The summed E-state index contributed by atoms with van der Waals surface area (Å²) in [6.07, 6.45) is 3.77. The van der Waals surface area contributed by atoms with Gasteiger partial charge in [-0.3, -0.25) is 4.79 Å². The van der Waals surface area contributed by atoms with Gasteiger partial charge in [-0.1, -0.05) is 30.3 Å². The second-order valence-electron chi connectivity index (χ2n) is 6.88. The summed E-state index contributed by atoms with van der Waals surface area (Å²) < 4.78 is 8.13. The van der Waals surface area contributed by atoms with Gasteiger partial charge in [-0.25, -0.2) is 4.98 Å². The third-order valence-corrected chi connectivity index (χ3v) is 5.14. The van der Waals surface area contributed by atoms with Crippen molar-refractivity contribution >= 4 is 28.5 Å². The number of para-hydroxylation sites is 2. The van der Waals surface area contributed by atoms with Crippen LogP contribution in [0.1, 0.15) is 24.2 Å². The van der Waals surface area contributed by atoms with Crippen LogP contribution in [0.4, 0.5) is 0 Å². The summed E-state index contributed by atoms with van der Waals surface area (Å²) in [5, 5.41) is 3.56. The molecule has 1 heterocycles. The summed E-state index contributed by atoms with van der Waals surface area (Å²) in [6.45, 7) is 7.47. The lowest BCUT2D eigenvalue weighted by Crippen LogP contribution is -2.22. The zero-order valence-corrected chi connectivity index (χ0v) is 17.4. The fraction of sp³-hybridized carbons (Fsp3) is 0.304. The highest BCUT2D eigenvalue weighted by Crippen LogP contribution is 2.22. The number of carbonyl (C=O) groups excluding carboxylic acids is 1. The molecule has 0 aliphatic heterocycles. The lowest BCUT2D eigenvalue weighted by molar-refractivity contribution is -0.116. The molecule has 0 aliphatic rings. The van der Waals surface area contributed by atoms with Gasteiger partial charge >= 0.3 is 0 Å². The number of nitrogens with zero attached hydrogens (tertiary/aromatic N) is 2. The van der Waals surface area contributed by atoms with Crippen molar-refractivity contribution in [3.05, 3.63) is 71.5 Å². The molecular formula is C23H26ClN3O2. The molecular weight excluding hydrogens is 386 g/mol. The number of ether oxygens (including phenoxy) is 1. The molecule has 3 aromatic rings. The Kier molecular flexibility index (Phi) is 7.30. The molecule has 5 nitrogen and oxygen atoms in total. The van der Waals surface area contributed by atoms with Gasteiger partial charge in [-0.15, -0.1) is 0 Å². The first-order valence-corrected chi connectivity index (χ1v) is 10.2. The number of carbonyl (C=O) groups is 1. The molecule has 0 radical (unpaired) electrons. The second kappa shape index (κ2) is 10.1. The number of aromatic nitrogens is 2. The normalized spacial score (nSPS) is 10.8. The van der Waals surface area contributed by atoms with Crippen LogP contribution in [0.3, 0.4) is 0 Å². The topological polar surface area (TPSA) is 56.2 Å². The number of aryl methyl sites for hydroxylation is 3. The van der Waals surface area contributed by atoms with E-state index in [2.05, 4.69) is 22.5 Å². The Hall–Kier alpha value is -2.79. The third-order valence-electron chi connectivity index (χ3n) is 4.72. The minimum absolute atomic E-state index is 0.145. The first kappa shape index (κ1) is 20.9. The molecule has 0 saturated heterocycles. The van der Waals surface area contributed by atoms with Crippen LogP contribution in [-0.4, -0.2) is 28.6 Å². The number of nitrogens with one attached hydrogen (secondary N) is 1. The molecule has 1 amide bonds. The van der Waals surface area contributed by atoms with Crippen LogP contribution in [0.15, 0.2) is 55.1 Å². The van der Waals surface area contributed by atoms with E-state index in [0.717, 1.165) is 59.0 Å². The molecule has 0 spiro atoms. The van der Waals surface area contributed by atoms with Crippen LogP contribution in [0.25, 0.3) is 11.0 Å². The molecule has 29 heavy (non-hydrogen) atoms. The second-order valence-corrected chi connectivity index (χ2v) is 7.29. The van der Waals surface area contributed by atoms with Crippen molar-refractivity contribution in [2.45, 2.75) is 32.7 Å². The molecule has 3 rings (SSSR count). The van der Waals surface area contributed by atoms with Crippen molar-refractivity contribution in [3.8, 4) is 5.75 Å². The summed E-state index contributed by atoms with van der Waals surface area (Å²) in [5.41, 5.74) is 3.13. The number of hydrogen-bond donors (Lipinski definition) is 1. The minimum atomic E-state index is -0.145. The van der Waals surface area contributed by atoms with Crippen molar-refractivity contribution in [2.24, 2.45) is 0 Å². The molecule has 0 bridgehead atoms. The van der Waals surface area contributed by atoms with Gasteiger partial charge in [0.15, 0.2) is 0 Å². The van der Waals surface area contributed by atoms with Gasteiger partial charge in [0.2, 0.25) is 5.91 Å². The third kappa shape index (κ3) is 5.61. The molecule has 0 unspecified atom stereocenters. The molecule has 152 valence electrons.